The van der Waals surface area contributed by atoms with Crippen LogP contribution in [0.15, 0.2) is 18.5 Å². The monoisotopic (exact) mass is 300 g/mol. The number of carbonyl (C=O) groups is 1. The Morgan fingerprint density at radius 2 is 2.14 bits per heavy atom. The maximum atomic E-state index is 12.4. The van der Waals surface area contributed by atoms with Crippen molar-refractivity contribution in [3.8, 4) is 0 Å². The Hall–Kier alpha value is -2.44. The molecule has 1 saturated heterocycles. The van der Waals surface area contributed by atoms with E-state index in [1.807, 2.05) is 15.9 Å². The van der Waals surface area contributed by atoms with Gasteiger partial charge in [-0.15, -0.1) is 0 Å². The molecule has 0 atom stereocenters. The molecule has 2 aromatic rings. The van der Waals surface area contributed by atoms with E-state index in [2.05, 4.69) is 21.9 Å². The van der Waals surface area contributed by atoms with Crippen LogP contribution in [0.3, 0.4) is 0 Å². The van der Waals surface area contributed by atoms with Crippen molar-refractivity contribution in [2.45, 2.75) is 19.8 Å². The molecular formula is C15H20N6O. The van der Waals surface area contributed by atoms with Gasteiger partial charge in [-0.05, 0) is 25.0 Å². The fourth-order valence-electron chi connectivity index (χ4n) is 2.80. The molecule has 22 heavy (non-hydrogen) atoms. The molecule has 116 valence electrons. The first-order chi connectivity index (χ1) is 10.7. The van der Waals surface area contributed by atoms with E-state index in [0.29, 0.717) is 18.0 Å². The zero-order valence-electron chi connectivity index (χ0n) is 12.7. The van der Waals surface area contributed by atoms with Crippen molar-refractivity contribution in [1.29, 1.82) is 0 Å². The van der Waals surface area contributed by atoms with E-state index in [4.69, 9.17) is 5.73 Å². The molecule has 0 bridgehead atoms. The van der Waals surface area contributed by atoms with Crippen molar-refractivity contribution in [3.63, 3.8) is 0 Å². The molecule has 1 aliphatic rings. The highest BCUT2D eigenvalue weighted by molar-refractivity contribution is 5.90. The molecule has 1 fully saturated rings. The molecule has 0 radical (unpaired) electrons. The molecule has 0 aliphatic carbocycles. The number of anilines is 2. The second-order valence-corrected chi connectivity index (χ2v) is 5.46. The third-order valence-corrected chi connectivity index (χ3v) is 3.83. The number of rotatable bonds is 3. The van der Waals surface area contributed by atoms with E-state index in [0.717, 1.165) is 43.7 Å². The second-order valence-electron chi connectivity index (χ2n) is 5.46. The number of amides is 1. The Labute approximate surface area is 129 Å². The molecule has 0 spiro atoms. The Kier molecular flexibility index (Phi) is 4.04. The first kappa shape index (κ1) is 14.5. The van der Waals surface area contributed by atoms with E-state index in [9.17, 15) is 4.79 Å². The average Bonchev–Trinajstić information content (AvgIpc) is 2.69. The minimum Gasteiger partial charge on any atom is -0.384 e. The van der Waals surface area contributed by atoms with Gasteiger partial charge >= 0.3 is 0 Å². The van der Waals surface area contributed by atoms with Crippen LogP contribution in [0.4, 0.5) is 11.6 Å². The number of hydrogen-bond donors (Lipinski definition) is 1. The molecule has 3 heterocycles. The van der Waals surface area contributed by atoms with E-state index >= 15 is 0 Å². The van der Waals surface area contributed by atoms with Gasteiger partial charge in [0.05, 0.1) is 11.9 Å². The minimum absolute atomic E-state index is 0.148. The van der Waals surface area contributed by atoms with Gasteiger partial charge in [0, 0.05) is 19.6 Å². The maximum Gasteiger partial charge on any atom is 0.242 e. The molecular weight excluding hydrogens is 280 g/mol. The second kappa shape index (κ2) is 6.13. The maximum absolute atomic E-state index is 12.4. The molecule has 7 heteroatoms. The number of nitrogen functional groups attached to an aromatic ring is 1. The fraction of sp³-hybridized carbons (Fsp3) is 0.467. The van der Waals surface area contributed by atoms with Gasteiger partial charge in [-0.1, -0.05) is 6.92 Å². The first-order valence-corrected chi connectivity index (χ1v) is 7.59. The summed E-state index contributed by atoms with van der Waals surface area (Å²) >= 11 is 0. The minimum atomic E-state index is 0.148. The topological polar surface area (TPSA) is 88.2 Å². The highest BCUT2D eigenvalue weighted by atomic mass is 16.2. The summed E-state index contributed by atoms with van der Waals surface area (Å²) in [6.45, 7) is 4.84. The number of pyridine rings is 1. The van der Waals surface area contributed by atoms with Gasteiger partial charge in [-0.3, -0.25) is 4.79 Å². The molecule has 0 aromatic carbocycles. The van der Waals surface area contributed by atoms with Crippen molar-refractivity contribution in [2.75, 3.05) is 36.8 Å². The summed E-state index contributed by atoms with van der Waals surface area (Å²) in [4.78, 5) is 29.1. The predicted octanol–water partition coefficient (Wildman–Crippen LogP) is 1.06. The Balaban J connectivity index is 1.92. The highest BCUT2D eigenvalue weighted by Gasteiger charge is 2.23. The summed E-state index contributed by atoms with van der Waals surface area (Å²) in [7, 11) is 0. The van der Waals surface area contributed by atoms with Gasteiger partial charge in [0.25, 0.3) is 0 Å². The number of hydrogen-bond acceptors (Lipinski definition) is 6. The van der Waals surface area contributed by atoms with E-state index in [1.165, 1.54) is 6.33 Å². The van der Waals surface area contributed by atoms with E-state index in [-0.39, 0.29) is 5.91 Å². The molecule has 1 amide bonds. The van der Waals surface area contributed by atoms with Gasteiger partial charge in [0.15, 0.2) is 5.65 Å². The van der Waals surface area contributed by atoms with Gasteiger partial charge in [0.1, 0.15) is 18.0 Å². The summed E-state index contributed by atoms with van der Waals surface area (Å²) in [5.74, 6) is 1.33. The molecule has 2 aromatic heterocycles. The number of nitrogens with zero attached hydrogens (tertiary/aromatic N) is 5. The van der Waals surface area contributed by atoms with Crippen LogP contribution >= 0.6 is 0 Å². The van der Waals surface area contributed by atoms with Crippen LogP contribution in [0.1, 0.15) is 19.8 Å². The smallest absolute Gasteiger partial charge is 0.242 e. The normalized spacial score (nSPS) is 16.1. The van der Waals surface area contributed by atoms with Crippen molar-refractivity contribution in [2.24, 2.45) is 0 Å². The van der Waals surface area contributed by atoms with Crippen molar-refractivity contribution < 1.29 is 4.79 Å². The predicted molar refractivity (Wildman–Crippen MR) is 85.4 cm³/mol. The lowest BCUT2D eigenvalue weighted by molar-refractivity contribution is -0.129. The SMILES string of the molecule is CCCN1CCCN(c2ncnc3nc(N)ccc23)CC1=O. The highest BCUT2D eigenvalue weighted by Crippen LogP contribution is 2.23. The Bertz CT molecular complexity index is 689. The molecule has 2 N–H and O–H groups in total. The molecule has 3 rings (SSSR count). The van der Waals surface area contributed by atoms with Crippen LogP contribution in [0, 0.1) is 0 Å². The standard InChI is InChI=1S/C15H20N6O/c1-2-6-20-7-3-8-21(9-13(20)22)15-11-4-5-12(16)19-14(11)17-10-18-15/h4-5,10H,2-3,6-9H2,1H3,(H2,16,17,18,19). The number of carbonyl (C=O) groups excluding carboxylic acids is 1. The first-order valence-electron chi connectivity index (χ1n) is 7.59. The van der Waals surface area contributed by atoms with E-state index < -0.39 is 0 Å². The van der Waals surface area contributed by atoms with Gasteiger partial charge in [0.2, 0.25) is 5.91 Å². The zero-order valence-corrected chi connectivity index (χ0v) is 12.7. The van der Waals surface area contributed by atoms with Crippen LogP contribution in [-0.4, -0.2) is 51.9 Å². The van der Waals surface area contributed by atoms with Gasteiger partial charge < -0.3 is 15.5 Å². The quantitative estimate of drug-likeness (QED) is 0.911. The average molecular weight is 300 g/mol. The van der Waals surface area contributed by atoms with Gasteiger partial charge in [-0.2, -0.15) is 0 Å². The van der Waals surface area contributed by atoms with Crippen LogP contribution in [0.2, 0.25) is 0 Å². The third kappa shape index (κ3) is 2.79. The van der Waals surface area contributed by atoms with E-state index in [1.54, 1.807) is 6.07 Å². The number of aromatic nitrogens is 3. The summed E-state index contributed by atoms with van der Waals surface area (Å²) in [6, 6.07) is 3.60. The summed E-state index contributed by atoms with van der Waals surface area (Å²) in [5.41, 5.74) is 6.27. The largest absolute Gasteiger partial charge is 0.384 e. The lowest BCUT2D eigenvalue weighted by atomic mass is 10.2. The lowest BCUT2D eigenvalue weighted by Crippen LogP contribution is -2.37. The van der Waals surface area contributed by atoms with Crippen LogP contribution in [-0.2, 0) is 4.79 Å². The lowest BCUT2D eigenvalue weighted by Gasteiger charge is -2.22. The Morgan fingerprint density at radius 3 is 2.95 bits per heavy atom. The summed E-state index contributed by atoms with van der Waals surface area (Å²) in [5, 5.41) is 0.827. The molecule has 0 unspecified atom stereocenters. The fourth-order valence-corrected chi connectivity index (χ4v) is 2.80. The van der Waals surface area contributed by atoms with Crippen LogP contribution < -0.4 is 10.6 Å². The number of nitrogens with two attached hydrogens (primary N) is 1. The summed E-state index contributed by atoms with van der Waals surface area (Å²) in [6.07, 6.45) is 3.38. The molecule has 1 aliphatic heterocycles. The van der Waals surface area contributed by atoms with Crippen LogP contribution in [0.25, 0.3) is 11.0 Å². The molecule has 0 saturated carbocycles. The summed E-state index contributed by atoms with van der Waals surface area (Å²) < 4.78 is 0. The third-order valence-electron chi connectivity index (χ3n) is 3.83. The van der Waals surface area contributed by atoms with Gasteiger partial charge in [-0.25, -0.2) is 15.0 Å². The van der Waals surface area contributed by atoms with Crippen molar-refractivity contribution >= 4 is 28.6 Å². The Morgan fingerprint density at radius 1 is 1.27 bits per heavy atom. The number of fused-ring (bicyclic) bond motifs is 1. The molecule has 7 nitrogen and oxygen atoms in total. The van der Waals surface area contributed by atoms with Crippen molar-refractivity contribution in [1.82, 2.24) is 19.9 Å². The van der Waals surface area contributed by atoms with Crippen molar-refractivity contribution in [3.05, 3.63) is 18.5 Å². The van der Waals surface area contributed by atoms with Crippen LogP contribution in [0.5, 0.6) is 0 Å². The zero-order chi connectivity index (χ0) is 15.5.